The van der Waals surface area contributed by atoms with Crippen LogP contribution in [0, 0.1) is 6.92 Å². The number of esters is 1. The summed E-state index contributed by atoms with van der Waals surface area (Å²) in [6.45, 7) is 8.04. The van der Waals surface area contributed by atoms with Crippen molar-refractivity contribution in [3.63, 3.8) is 0 Å². The third-order valence-electron chi connectivity index (χ3n) is 3.88. The van der Waals surface area contributed by atoms with Crippen LogP contribution in [0.1, 0.15) is 66.2 Å². The van der Waals surface area contributed by atoms with Gasteiger partial charge in [0.25, 0.3) is 5.91 Å². The maximum Gasteiger partial charge on any atom is 0.356 e. The number of hydrogen-bond donors (Lipinski definition) is 2. The molecule has 2 aromatic heterocycles. The number of anilines is 1. The molecule has 0 spiro atoms. The molecule has 0 radical (unpaired) electrons. The first-order chi connectivity index (χ1) is 11.5. The Labute approximate surface area is 140 Å². The van der Waals surface area contributed by atoms with E-state index in [0.29, 0.717) is 5.56 Å². The van der Waals surface area contributed by atoms with Gasteiger partial charge in [0.1, 0.15) is 5.69 Å². The summed E-state index contributed by atoms with van der Waals surface area (Å²) in [5.74, 6) is -0.643. The van der Waals surface area contributed by atoms with Crippen molar-refractivity contribution in [3.05, 3.63) is 29.3 Å². The molecule has 24 heavy (non-hydrogen) atoms. The number of carbonyl (C=O) groups is 2. The third kappa shape index (κ3) is 3.64. The molecule has 130 valence electrons. The first-order valence-corrected chi connectivity index (χ1v) is 8.09. The van der Waals surface area contributed by atoms with Crippen molar-refractivity contribution in [3.8, 4) is 0 Å². The fourth-order valence-corrected chi connectivity index (χ4v) is 2.52. The molecule has 8 nitrogen and oxygen atoms in total. The summed E-state index contributed by atoms with van der Waals surface area (Å²) in [5, 5.41) is 6.97. The van der Waals surface area contributed by atoms with Crippen LogP contribution in [-0.4, -0.2) is 38.2 Å². The van der Waals surface area contributed by atoms with Gasteiger partial charge in [0, 0.05) is 5.69 Å². The van der Waals surface area contributed by atoms with E-state index in [1.54, 1.807) is 13.1 Å². The van der Waals surface area contributed by atoms with Gasteiger partial charge in [0.05, 0.1) is 30.6 Å². The lowest BCUT2D eigenvalue weighted by atomic mass is 10.1. The zero-order valence-corrected chi connectivity index (χ0v) is 14.4. The summed E-state index contributed by atoms with van der Waals surface area (Å²) in [4.78, 5) is 30.7. The van der Waals surface area contributed by atoms with Crippen molar-refractivity contribution < 1.29 is 14.3 Å². The smallest absolute Gasteiger partial charge is 0.356 e. The van der Waals surface area contributed by atoms with E-state index in [1.165, 1.54) is 6.20 Å². The number of hydrogen-bond acceptors (Lipinski definition) is 5. The van der Waals surface area contributed by atoms with E-state index in [2.05, 4.69) is 34.2 Å². The van der Waals surface area contributed by atoms with E-state index in [0.717, 1.165) is 18.5 Å². The third-order valence-corrected chi connectivity index (χ3v) is 3.88. The standard InChI is InChI=1S/C16H23N5O3/c1-5-11(6-2)21-10(4)12(8-18-21)14(22)20-16-17-9-13(19-16)15(23)24-7-3/h8-9,11H,5-7H2,1-4H3,(H2,17,19,20,22). The second kappa shape index (κ2) is 7.76. The van der Waals surface area contributed by atoms with Gasteiger partial charge in [-0.05, 0) is 26.7 Å². The van der Waals surface area contributed by atoms with Gasteiger partial charge < -0.3 is 9.72 Å². The van der Waals surface area contributed by atoms with Crippen LogP contribution in [0.5, 0.6) is 0 Å². The molecule has 1 amide bonds. The Hall–Kier alpha value is -2.64. The van der Waals surface area contributed by atoms with Crippen molar-refractivity contribution in [1.29, 1.82) is 0 Å². The van der Waals surface area contributed by atoms with Crippen LogP contribution >= 0.6 is 0 Å². The number of nitrogens with one attached hydrogen (secondary N) is 2. The fourth-order valence-electron chi connectivity index (χ4n) is 2.52. The predicted molar refractivity (Wildman–Crippen MR) is 89.1 cm³/mol. The quantitative estimate of drug-likeness (QED) is 0.759. The summed E-state index contributed by atoms with van der Waals surface area (Å²) in [5.41, 5.74) is 1.48. The Kier molecular flexibility index (Phi) is 5.73. The van der Waals surface area contributed by atoms with Crippen molar-refractivity contribution in [2.45, 2.75) is 46.6 Å². The van der Waals surface area contributed by atoms with Crippen LogP contribution < -0.4 is 5.32 Å². The second-order valence-electron chi connectivity index (χ2n) is 5.38. The van der Waals surface area contributed by atoms with Crippen LogP contribution in [0.3, 0.4) is 0 Å². The van der Waals surface area contributed by atoms with Crippen molar-refractivity contribution >= 4 is 17.8 Å². The number of nitrogens with zero attached hydrogens (tertiary/aromatic N) is 3. The van der Waals surface area contributed by atoms with Crippen LogP contribution in [0.4, 0.5) is 5.95 Å². The molecule has 2 heterocycles. The molecule has 0 saturated heterocycles. The molecule has 2 aromatic rings. The van der Waals surface area contributed by atoms with E-state index in [-0.39, 0.29) is 30.2 Å². The van der Waals surface area contributed by atoms with Gasteiger partial charge in [0.15, 0.2) is 0 Å². The molecular formula is C16H23N5O3. The van der Waals surface area contributed by atoms with Crippen molar-refractivity contribution in [1.82, 2.24) is 19.7 Å². The Morgan fingerprint density at radius 2 is 2.00 bits per heavy atom. The first-order valence-electron chi connectivity index (χ1n) is 8.09. The van der Waals surface area contributed by atoms with Crippen LogP contribution in [0.2, 0.25) is 0 Å². The normalized spacial score (nSPS) is 10.9. The Morgan fingerprint density at radius 1 is 1.29 bits per heavy atom. The minimum absolute atomic E-state index is 0.191. The topological polar surface area (TPSA) is 102 Å². The number of H-pyrrole nitrogens is 1. The summed E-state index contributed by atoms with van der Waals surface area (Å²) in [6.07, 6.45) is 4.77. The van der Waals surface area contributed by atoms with E-state index >= 15 is 0 Å². The molecule has 0 aliphatic carbocycles. The van der Waals surface area contributed by atoms with Gasteiger partial charge >= 0.3 is 5.97 Å². The summed E-state index contributed by atoms with van der Waals surface area (Å²) >= 11 is 0. The van der Waals surface area contributed by atoms with E-state index < -0.39 is 5.97 Å². The molecule has 0 saturated carbocycles. The number of rotatable bonds is 7. The Morgan fingerprint density at radius 3 is 2.62 bits per heavy atom. The molecule has 0 aliphatic rings. The lowest BCUT2D eigenvalue weighted by Gasteiger charge is -2.15. The SMILES string of the molecule is CCOC(=O)c1cnc(NC(=O)c2cnn(C(CC)CC)c2C)[nH]1. The van der Waals surface area contributed by atoms with Crippen molar-refractivity contribution in [2.24, 2.45) is 0 Å². The zero-order valence-electron chi connectivity index (χ0n) is 14.4. The maximum atomic E-state index is 12.4. The monoisotopic (exact) mass is 333 g/mol. The Bertz CT molecular complexity index is 715. The molecular weight excluding hydrogens is 310 g/mol. The van der Waals surface area contributed by atoms with Crippen LogP contribution in [0.25, 0.3) is 0 Å². The largest absolute Gasteiger partial charge is 0.461 e. The summed E-state index contributed by atoms with van der Waals surface area (Å²) in [7, 11) is 0. The highest BCUT2D eigenvalue weighted by Gasteiger charge is 2.19. The highest BCUT2D eigenvalue weighted by atomic mass is 16.5. The number of ether oxygens (including phenoxy) is 1. The van der Waals surface area contributed by atoms with Gasteiger partial charge in [-0.15, -0.1) is 0 Å². The zero-order chi connectivity index (χ0) is 17.7. The second-order valence-corrected chi connectivity index (χ2v) is 5.38. The van der Waals surface area contributed by atoms with Crippen LogP contribution in [-0.2, 0) is 4.74 Å². The average Bonchev–Trinajstić information content (AvgIpc) is 3.17. The molecule has 0 aliphatic heterocycles. The van der Waals surface area contributed by atoms with Gasteiger partial charge in [-0.25, -0.2) is 9.78 Å². The molecule has 0 aromatic carbocycles. The molecule has 0 unspecified atom stereocenters. The highest BCUT2D eigenvalue weighted by Crippen LogP contribution is 2.19. The highest BCUT2D eigenvalue weighted by molar-refractivity contribution is 6.04. The number of aromatic amines is 1. The minimum atomic E-state index is -0.511. The molecule has 2 rings (SSSR count). The lowest BCUT2D eigenvalue weighted by molar-refractivity contribution is 0.0520. The molecule has 0 atom stereocenters. The maximum absolute atomic E-state index is 12.4. The first kappa shape index (κ1) is 17.7. The van der Waals surface area contributed by atoms with Crippen LogP contribution in [0.15, 0.2) is 12.4 Å². The van der Waals surface area contributed by atoms with Gasteiger partial charge in [0.2, 0.25) is 5.95 Å². The minimum Gasteiger partial charge on any atom is -0.461 e. The molecule has 2 N–H and O–H groups in total. The lowest BCUT2D eigenvalue weighted by Crippen LogP contribution is -2.16. The fraction of sp³-hybridized carbons (Fsp3) is 0.500. The predicted octanol–water partition coefficient (Wildman–Crippen LogP) is 2.70. The Balaban J connectivity index is 2.12. The molecule has 0 fully saturated rings. The van der Waals surface area contributed by atoms with Gasteiger partial charge in [-0.1, -0.05) is 13.8 Å². The van der Waals surface area contributed by atoms with Gasteiger partial charge in [-0.3, -0.25) is 14.8 Å². The van der Waals surface area contributed by atoms with E-state index in [1.807, 2.05) is 11.6 Å². The van der Waals surface area contributed by atoms with E-state index in [4.69, 9.17) is 4.74 Å². The number of amides is 1. The average molecular weight is 333 g/mol. The summed E-state index contributed by atoms with van der Waals surface area (Å²) < 4.78 is 6.74. The molecule has 0 bridgehead atoms. The number of imidazole rings is 1. The van der Waals surface area contributed by atoms with Crippen molar-refractivity contribution in [2.75, 3.05) is 11.9 Å². The number of carbonyl (C=O) groups excluding carboxylic acids is 2. The van der Waals surface area contributed by atoms with E-state index in [9.17, 15) is 9.59 Å². The summed E-state index contributed by atoms with van der Waals surface area (Å²) in [6, 6.07) is 0.269. The van der Waals surface area contributed by atoms with Gasteiger partial charge in [-0.2, -0.15) is 5.10 Å². The molecule has 8 heteroatoms. The number of aromatic nitrogens is 4.